The summed E-state index contributed by atoms with van der Waals surface area (Å²) in [7, 11) is 0. The van der Waals surface area contributed by atoms with Gasteiger partial charge in [-0.15, -0.1) is 0 Å². The molecule has 2 aromatic heterocycles. The highest BCUT2D eigenvalue weighted by atomic mass is 16.6. The minimum atomic E-state index is -0.942. The molecule has 2 atom stereocenters. The summed E-state index contributed by atoms with van der Waals surface area (Å²) in [6.07, 6.45) is 4.88. The van der Waals surface area contributed by atoms with Gasteiger partial charge in [-0.2, -0.15) is 0 Å². The van der Waals surface area contributed by atoms with Gasteiger partial charge in [0.15, 0.2) is 0 Å². The monoisotopic (exact) mass is 534 g/mol. The third kappa shape index (κ3) is 11.8. The van der Waals surface area contributed by atoms with Crippen molar-refractivity contribution in [3.05, 3.63) is 36.4 Å². The summed E-state index contributed by atoms with van der Waals surface area (Å²) in [6, 6.07) is -1.88. The van der Waals surface area contributed by atoms with Crippen LogP contribution in [0.15, 0.2) is 25.0 Å². The van der Waals surface area contributed by atoms with Crippen LogP contribution in [0.1, 0.15) is 52.9 Å². The Bertz CT molecular complexity index is 957. The summed E-state index contributed by atoms with van der Waals surface area (Å²) >= 11 is 0. The minimum absolute atomic E-state index is 0.0727. The number of aromatic amines is 2. The lowest BCUT2D eigenvalue weighted by Crippen LogP contribution is -2.52. The molecule has 0 radical (unpaired) electrons. The number of carbonyl (C=O) groups is 4. The van der Waals surface area contributed by atoms with Crippen LogP contribution in [0.25, 0.3) is 0 Å². The van der Waals surface area contributed by atoms with Crippen LogP contribution in [0.3, 0.4) is 0 Å². The van der Waals surface area contributed by atoms with Gasteiger partial charge in [-0.1, -0.05) is 0 Å². The number of aromatic nitrogens is 4. The van der Waals surface area contributed by atoms with Crippen molar-refractivity contribution in [2.45, 2.75) is 77.7 Å². The van der Waals surface area contributed by atoms with Gasteiger partial charge in [0, 0.05) is 49.7 Å². The second-order valence-corrected chi connectivity index (χ2v) is 10.5. The quantitative estimate of drug-likeness (QED) is 0.229. The lowest BCUT2D eigenvalue weighted by molar-refractivity contribution is -0.124. The zero-order valence-electron chi connectivity index (χ0n) is 22.6. The zero-order chi connectivity index (χ0) is 28.3. The maximum atomic E-state index is 12.8. The molecule has 0 aliphatic carbocycles. The van der Waals surface area contributed by atoms with Gasteiger partial charge in [0.05, 0.1) is 12.7 Å². The molecule has 6 N–H and O–H groups in total. The Morgan fingerprint density at radius 2 is 1.11 bits per heavy atom. The molecular weight excluding hydrogens is 496 g/mol. The van der Waals surface area contributed by atoms with Crippen LogP contribution in [0.2, 0.25) is 0 Å². The van der Waals surface area contributed by atoms with E-state index < -0.39 is 47.3 Å². The second kappa shape index (κ2) is 13.4. The molecule has 0 aliphatic rings. The van der Waals surface area contributed by atoms with Gasteiger partial charge < -0.3 is 40.7 Å². The number of H-pyrrole nitrogens is 2. The van der Waals surface area contributed by atoms with Gasteiger partial charge in [-0.05, 0) is 41.5 Å². The number of alkyl carbamates (subject to hydrolysis) is 2. The van der Waals surface area contributed by atoms with Crippen LogP contribution >= 0.6 is 0 Å². The lowest BCUT2D eigenvalue weighted by Gasteiger charge is -2.24. The van der Waals surface area contributed by atoms with Crippen LogP contribution in [-0.4, -0.2) is 80.3 Å². The molecular formula is C24H38N8O6. The number of hydrogen-bond donors (Lipinski definition) is 6. The second-order valence-electron chi connectivity index (χ2n) is 10.5. The molecule has 2 heterocycles. The van der Waals surface area contributed by atoms with Crippen molar-refractivity contribution < 1.29 is 28.7 Å². The summed E-state index contributed by atoms with van der Waals surface area (Å²) in [5, 5.41) is 10.5. The van der Waals surface area contributed by atoms with E-state index in [4.69, 9.17) is 9.47 Å². The minimum Gasteiger partial charge on any atom is -0.444 e. The van der Waals surface area contributed by atoms with Crippen molar-refractivity contribution in [3.8, 4) is 0 Å². The first kappa shape index (κ1) is 30.1. The van der Waals surface area contributed by atoms with E-state index in [1.54, 1.807) is 53.9 Å². The molecule has 0 spiro atoms. The maximum absolute atomic E-state index is 12.8. The molecule has 4 amide bonds. The molecule has 2 rings (SSSR count). The highest BCUT2D eigenvalue weighted by Crippen LogP contribution is 2.09. The summed E-state index contributed by atoms with van der Waals surface area (Å²) in [6.45, 7) is 10.5. The molecule has 0 aliphatic heterocycles. The molecule has 0 saturated carbocycles. The van der Waals surface area contributed by atoms with E-state index in [1.165, 1.54) is 12.7 Å². The topological polar surface area (TPSA) is 192 Å². The van der Waals surface area contributed by atoms with Crippen LogP contribution in [-0.2, 0) is 31.9 Å². The predicted molar refractivity (Wildman–Crippen MR) is 137 cm³/mol. The first-order chi connectivity index (χ1) is 17.7. The van der Waals surface area contributed by atoms with Crippen molar-refractivity contribution in [2.75, 3.05) is 13.1 Å². The summed E-state index contributed by atoms with van der Waals surface area (Å²) in [5.74, 6) is -0.943. The van der Waals surface area contributed by atoms with E-state index in [0.717, 1.165) is 0 Å². The Hall–Kier alpha value is -4.10. The lowest BCUT2D eigenvalue weighted by atomic mass is 10.1. The summed E-state index contributed by atoms with van der Waals surface area (Å²) in [4.78, 5) is 63.8. The van der Waals surface area contributed by atoms with Gasteiger partial charge in [0.2, 0.25) is 11.8 Å². The third-order valence-electron chi connectivity index (χ3n) is 4.70. The molecule has 0 aromatic carbocycles. The molecule has 0 bridgehead atoms. The number of carbonyl (C=O) groups excluding carboxylic acids is 4. The molecule has 0 saturated heterocycles. The molecule has 0 fully saturated rings. The zero-order valence-corrected chi connectivity index (χ0v) is 22.6. The molecule has 0 unspecified atom stereocenters. The van der Waals surface area contributed by atoms with Gasteiger partial charge in [0.1, 0.15) is 23.3 Å². The highest BCUT2D eigenvalue weighted by Gasteiger charge is 2.27. The first-order valence-corrected chi connectivity index (χ1v) is 12.2. The van der Waals surface area contributed by atoms with Crippen LogP contribution in [0, 0.1) is 0 Å². The fourth-order valence-electron chi connectivity index (χ4n) is 3.17. The fraction of sp³-hybridized carbons (Fsp3) is 0.583. The first-order valence-electron chi connectivity index (χ1n) is 12.2. The molecule has 2 aromatic rings. The Morgan fingerprint density at radius 1 is 0.737 bits per heavy atom. The number of amides is 4. The molecule has 14 nitrogen and oxygen atoms in total. The van der Waals surface area contributed by atoms with Crippen molar-refractivity contribution in [2.24, 2.45) is 0 Å². The number of nitrogens with zero attached hydrogens (tertiary/aromatic N) is 2. The number of imidazole rings is 2. The molecule has 14 heteroatoms. The van der Waals surface area contributed by atoms with E-state index in [0.29, 0.717) is 11.4 Å². The Labute approximate surface area is 221 Å². The molecule has 38 heavy (non-hydrogen) atoms. The van der Waals surface area contributed by atoms with Gasteiger partial charge in [-0.3, -0.25) is 9.59 Å². The van der Waals surface area contributed by atoms with E-state index in [1.807, 2.05) is 0 Å². The standard InChI is InChI=1S/C24H38N8O6/c1-23(2,3)37-21(35)31-17(9-15-11-25-13-29-15)19(33)27-7-8-28-20(34)18(10-16-12-26-14-30-16)32-22(36)38-24(4,5)6/h11-14,17-18H,7-10H2,1-6H3,(H,25,29)(H,26,30)(H,27,33)(H,28,34)(H,31,35)(H,32,36)/t17-,18-/m0/s1. The molecule has 210 valence electrons. The Balaban J connectivity index is 1.92. The summed E-state index contributed by atoms with van der Waals surface area (Å²) in [5.41, 5.74) is -0.179. The van der Waals surface area contributed by atoms with Crippen LogP contribution < -0.4 is 21.3 Å². The van der Waals surface area contributed by atoms with E-state index in [9.17, 15) is 19.2 Å². The van der Waals surface area contributed by atoms with Gasteiger partial charge in [-0.25, -0.2) is 19.6 Å². The van der Waals surface area contributed by atoms with Gasteiger partial charge in [0.25, 0.3) is 0 Å². The maximum Gasteiger partial charge on any atom is 0.408 e. The fourth-order valence-corrected chi connectivity index (χ4v) is 3.17. The van der Waals surface area contributed by atoms with Crippen molar-refractivity contribution in [1.29, 1.82) is 0 Å². The SMILES string of the molecule is CC(C)(C)OC(=O)N[C@@H](Cc1cnc[nH]1)C(=O)NCCNC(=O)[C@H](Cc1cnc[nH]1)NC(=O)OC(C)(C)C. The number of rotatable bonds is 11. The van der Waals surface area contributed by atoms with Gasteiger partial charge >= 0.3 is 12.2 Å². The largest absolute Gasteiger partial charge is 0.444 e. The predicted octanol–water partition coefficient (Wildman–Crippen LogP) is 0.937. The normalized spacial score (nSPS) is 13.1. The smallest absolute Gasteiger partial charge is 0.408 e. The number of ether oxygens (including phenoxy) is 2. The van der Waals surface area contributed by atoms with E-state index in [-0.39, 0.29) is 25.9 Å². The van der Waals surface area contributed by atoms with Crippen molar-refractivity contribution >= 4 is 24.0 Å². The highest BCUT2D eigenvalue weighted by molar-refractivity contribution is 5.87. The Kier molecular flexibility index (Phi) is 10.7. The average molecular weight is 535 g/mol. The van der Waals surface area contributed by atoms with Crippen molar-refractivity contribution in [1.82, 2.24) is 41.2 Å². The van der Waals surface area contributed by atoms with Crippen LogP contribution in [0.4, 0.5) is 9.59 Å². The van der Waals surface area contributed by atoms with E-state index >= 15 is 0 Å². The Morgan fingerprint density at radius 3 is 1.39 bits per heavy atom. The summed E-state index contributed by atoms with van der Waals surface area (Å²) < 4.78 is 10.5. The number of nitrogens with one attached hydrogen (secondary N) is 6. The third-order valence-corrected chi connectivity index (χ3v) is 4.70. The van der Waals surface area contributed by atoms with Crippen molar-refractivity contribution in [3.63, 3.8) is 0 Å². The van der Waals surface area contributed by atoms with Crippen LogP contribution in [0.5, 0.6) is 0 Å². The van der Waals surface area contributed by atoms with E-state index in [2.05, 4.69) is 41.2 Å². The number of hydrogen-bond acceptors (Lipinski definition) is 8. The average Bonchev–Trinajstić information content (AvgIpc) is 3.47.